The number of amides is 1. The quantitative estimate of drug-likeness (QED) is 0.865. The number of carbonyl (C=O) groups excluding carboxylic acids is 1. The third kappa shape index (κ3) is 4.42. The lowest BCUT2D eigenvalue weighted by molar-refractivity contribution is -0.0370. The van der Waals surface area contributed by atoms with Gasteiger partial charge in [-0.3, -0.25) is 4.90 Å². The van der Waals surface area contributed by atoms with Crippen LogP contribution in [0, 0.1) is 5.92 Å². The minimum absolute atomic E-state index is 0.199. The topological polar surface area (TPSA) is 55.6 Å². The number of rotatable bonds is 3. The number of benzene rings is 1. The molecule has 0 saturated carbocycles. The van der Waals surface area contributed by atoms with E-state index >= 15 is 0 Å². The van der Waals surface area contributed by atoms with E-state index in [1.165, 1.54) is 5.56 Å². The van der Waals surface area contributed by atoms with Gasteiger partial charge in [-0.15, -0.1) is 0 Å². The molecule has 2 atom stereocenters. The molecule has 134 valence electrons. The molecule has 1 aromatic rings. The number of piperidine rings is 1. The second-order valence-corrected chi connectivity index (χ2v) is 8.08. The first-order chi connectivity index (χ1) is 11.2. The fourth-order valence-corrected chi connectivity index (χ4v) is 3.54. The van der Waals surface area contributed by atoms with Crippen LogP contribution in [-0.2, 0) is 11.2 Å². The fraction of sp³-hybridized carbons (Fsp3) is 0.632. The first kappa shape index (κ1) is 19.1. The second kappa shape index (κ2) is 7.32. The summed E-state index contributed by atoms with van der Waals surface area (Å²) in [5.74, 6) is 0.199. The van der Waals surface area contributed by atoms with Crippen molar-refractivity contribution in [3.8, 4) is 0 Å². The lowest BCUT2D eigenvalue weighted by Crippen LogP contribution is -2.65. The monoisotopic (exact) mass is 352 g/mol. The van der Waals surface area contributed by atoms with Crippen molar-refractivity contribution >= 4 is 17.7 Å². The Kier molecular flexibility index (Phi) is 5.82. The number of nitrogens with zero attached hydrogens (tertiary/aromatic N) is 1. The number of likely N-dealkylation sites (tertiary alicyclic amines) is 1. The Morgan fingerprint density at radius 3 is 2.54 bits per heavy atom. The molecule has 0 aromatic heterocycles. The van der Waals surface area contributed by atoms with Crippen molar-refractivity contribution in [2.24, 2.45) is 11.7 Å². The van der Waals surface area contributed by atoms with Gasteiger partial charge >= 0.3 is 6.09 Å². The van der Waals surface area contributed by atoms with Crippen LogP contribution in [-0.4, -0.2) is 28.8 Å². The van der Waals surface area contributed by atoms with Crippen LogP contribution in [0.1, 0.15) is 52.5 Å². The van der Waals surface area contributed by atoms with Crippen molar-refractivity contribution in [1.29, 1.82) is 0 Å². The summed E-state index contributed by atoms with van der Waals surface area (Å²) in [6.45, 7) is 8.33. The van der Waals surface area contributed by atoms with Gasteiger partial charge in [-0.05, 0) is 70.1 Å². The van der Waals surface area contributed by atoms with Crippen molar-refractivity contribution in [3.05, 3.63) is 34.9 Å². The summed E-state index contributed by atoms with van der Waals surface area (Å²) < 4.78 is 5.58. The van der Waals surface area contributed by atoms with Gasteiger partial charge in [0.1, 0.15) is 5.60 Å². The van der Waals surface area contributed by atoms with Crippen LogP contribution in [0.25, 0.3) is 0 Å². The first-order valence-electron chi connectivity index (χ1n) is 8.69. The van der Waals surface area contributed by atoms with Gasteiger partial charge in [0.05, 0.1) is 5.66 Å². The first-order valence-corrected chi connectivity index (χ1v) is 9.07. The molecule has 0 spiro atoms. The molecule has 2 unspecified atom stereocenters. The van der Waals surface area contributed by atoms with E-state index in [-0.39, 0.29) is 12.0 Å². The second-order valence-electron chi connectivity index (χ2n) is 7.65. The van der Waals surface area contributed by atoms with Crippen LogP contribution in [0.4, 0.5) is 4.79 Å². The molecule has 1 amide bonds. The smallest absolute Gasteiger partial charge is 0.411 e. The van der Waals surface area contributed by atoms with Crippen LogP contribution >= 0.6 is 11.6 Å². The van der Waals surface area contributed by atoms with E-state index in [2.05, 4.69) is 0 Å². The highest BCUT2D eigenvalue weighted by Crippen LogP contribution is 2.36. The molecule has 5 heteroatoms. The highest BCUT2D eigenvalue weighted by atomic mass is 35.5. The summed E-state index contributed by atoms with van der Waals surface area (Å²) in [5, 5.41) is 0.729. The number of carbonyl (C=O) groups is 1. The van der Waals surface area contributed by atoms with Gasteiger partial charge in [-0.2, -0.15) is 0 Å². The van der Waals surface area contributed by atoms with E-state index in [0.29, 0.717) is 13.0 Å². The Hall–Kier alpha value is -1.26. The normalized spacial score (nSPS) is 24.8. The summed E-state index contributed by atoms with van der Waals surface area (Å²) >= 11 is 5.97. The van der Waals surface area contributed by atoms with Gasteiger partial charge in [-0.25, -0.2) is 4.79 Å². The van der Waals surface area contributed by atoms with E-state index < -0.39 is 11.3 Å². The molecule has 24 heavy (non-hydrogen) atoms. The van der Waals surface area contributed by atoms with Crippen LogP contribution in [0.5, 0.6) is 0 Å². The fourth-order valence-electron chi connectivity index (χ4n) is 3.42. The van der Waals surface area contributed by atoms with E-state index in [9.17, 15) is 4.79 Å². The van der Waals surface area contributed by atoms with Crippen molar-refractivity contribution in [3.63, 3.8) is 0 Å². The van der Waals surface area contributed by atoms with Crippen LogP contribution < -0.4 is 5.73 Å². The zero-order valence-corrected chi connectivity index (χ0v) is 15.9. The van der Waals surface area contributed by atoms with Gasteiger partial charge in [0.15, 0.2) is 0 Å². The lowest BCUT2D eigenvalue weighted by Gasteiger charge is -2.49. The highest BCUT2D eigenvalue weighted by molar-refractivity contribution is 6.30. The SMILES string of the molecule is CCC1(N)C(Cc2ccc(Cl)cc2)CCCN1C(=O)OC(C)(C)C. The molecule has 2 rings (SSSR count). The van der Waals surface area contributed by atoms with E-state index in [0.717, 1.165) is 24.3 Å². The van der Waals surface area contributed by atoms with Gasteiger partial charge in [0, 0.05) is 11.6 Å². The van der Waals surface area contributed by atoms with Gasteiger partial charge in [0.2, 0.25) is 0 Å². The molecule has 0 radical (unpaired) electrons. The maximum absolute atomic E-state index is 12.6. The number of hydrogen-bond acceptors (Lipinski definition) is 3. The molecule has 1 aliphatic rings. The maximum atomic E-state index is 12.6. The van der Waals surface area contributed by atoms with E-state index in [1.54, 1.807) is 4.90 Å². The van der Waals surface area contributed by atoms with Crippen LogP contribution in [0.2, 0.25) is 5.02 Å². The summed E-state index contributed by atoms with van der Waals surface area (Å²) in [4.78, 5) is 14.4. The number of hydrogen-bond donors (Lipinski definition) is 1. The standard InChI is InChI=1S/C19H29ClN2O2/c1-5-19(21)15(13-14-8-10-16(20)11-9-14)7-6-12-22(19)17(23)24-18(2,3)4/h8-11,15H,5-7,12-13,21H2,1-4H3. The number of nitrogens with two attached hydrogens (primary N) is 1. The molecular formula is C19H29ClN2O2. The Balaban J connectivity index is 2.19. The molecule has 1 saturated heterocycles. The molecule has 1 fully saturated rings. The maximum Gasteiger partial charge on any atom is 0.411 e. The largest absolute Gasteiger partial charge is 0.444 e. The third-order valence-corrected chi connectivity index (χ3v) is 4.97. The Labute approximate surface area is 150 Å². The van der Waals surface area contributed by atoms with Gasteiger partial charge < -0.3 is 10.5 Å². The van der Waals surface area contributed by atoms with Gasteiger partial charge in [0.25, 0.3) is 0 Å². The van der Waals surface area contributed by atoms with Crippen molar-refractivity contribution in [2.75, 3.05) is 6.54 Å². The molecule has 1 aliphatic heterocycles. The Morgan fingerprint density at radius 1 is 1.38 bits per heavy atom. The molecular weight excluding hydrogens is 324 g/mol. The zero-order valence-electron chi connectivity index (χ0n) is 15.1. The average Bonchev–Trinajstić information content (AvgIpc) is 2.49. The molecule has 0 aliphatic carbocycles. The summed E-state index contributed by atoms with van der Waals surface area (Å²) in [6.07, 6.45) is 3.17. The van der Waals surface area contributed by atoms with Gasteiger partial charge in [-0.1, -0.05) is 30.7 Å². The van der Waals surface area contributed by atoms with Crippen molar-refractivity contribution in [1.82, 2.24) is 4.90 Å². The highest BCUT2D eigenvalue weighted by Gasteiger charge is 2.45. The average molecular weight is 353 g/mol. The van der Waals surface area contributed by atoms with Crippen molar-refractivity contribution in [2.45, 2.75) is 64.6 Å². The Morgan fingerprint density at radius 2 is 2.00 bits per heavy atom. The molecule has 2 N–H and O–H groups in total. The summed E-state index contributed by atoms with van der Waals surface area (Å²) in [7, 11) is 0. The minimum Gasteiger partial charge on any atom is -0.444 e. The predicted octanol–water partition coefficient (Wildman–Crippen LogP) is 4.59. The lowest BCUT2D eigenvalue weighted by atomic mass is 9.78. The van der Waals surface area contributed by atoms with E-state index in [1.807, 2.05) is 52.0 Å². The summed E-state index contributed by atoms with van der Waals surface area (Å²) in [6, 6.07) is 7.86. The third-order valence-electron chi connectivity index (χ3n) is 4.72. The molecule has 1 heterocycles. The van der Waals surface area contributed by atoms with Crippen LogP contribution in [0.3, 0.4) is 0 Å². The zero-order chi connectivity index (χ0) is 18.0. The number of ether oxygens (including phenoxy) is 1. The minimum atomic E-state index is -0.680. The van der Waals surface area contributed by atoms with Crippen molar-refractivity contribution < 1.29 is 9.53 Å². The van der Waals surface area contributed by atoms with Crippen LogP contribution in [0.15, 0.2) is 24.3 Å². The Bertz CT molecular complexity index is 568. The predicted molar refractivity (Wildman–Crippen MR) is 98.0 cm³/mol. The van der Waals surface area contributed by atoms with E-state index in [4.69, 9.17) is 22.1 Å². The number of halogens is 1. The molecule has 0 bridgehead atoms. The summed E-state index contributed by atoms with van der Waals surface area (Å²) in [5.41, 5.74) is 6.74. The molecule has 1 aromatic carbocycles. The molecule has 4 nitrogen and oxygen atoms in total.